The minimum absolute atomic E-state index is 0.0321. The van der Waals surface area contributed by atoms with E-state index in [2.05, 4.69) is 24.3 Å². The molecular weight excluding hydrogens is 292 g/mol. The lowest BCUT2D eigenvalue weighted by Crippen LogP contribution is -1.89. The van der Waals surface area contributed by atoms with E-state index in [1.165, 1.54) is 11.1 Å². The van der Waals surface area contributed by atoms with E-state index < -0.39 is 0 Å². The predicted octanol–water partition coefficient (Wildman–Crippen LogP) is 5.79. The number of hydrogen-bond acceptors (Lipinski definition) is 1. The molecule has 114 valence electrons. The monoisotopic (exact) mass is 308 g/mol. The van der Waals surface area contributed by atoms with E-state index in [0.717, 1.165) is 22.3 Å². The Labute approximate surface area is 141 Å². The summed E-state index contributed by atoms with van der Waals surface area (Å²) in [5.41, 5.74) is 6.31. The minimum atomic E-state index is 0.0321. The Morgan fingerprint density at radius 2 is 1.08 bits per heavy atom. The molecule has 24 heavy (non-hydrogen) atoms. The van der Waals surface area contributed by atoms with Gasteiger partial charge in [-0.3, -0.25) is 4.79 Å². The molecule has 0 fully saturated rings. The maximum atomic E-state index is 12.4. The second kappa shape index (κ2) is 6.13. The van der Waals surface area contributed by atoms with Crippen LogP contribution in [0.5, 0.6) is 0 Å². The molecule has 1 heteroatoms. The SMILES string of the molecule is O=C(/C=C/c1cc2cccccc-2c1)c1cc2cccccc-2c1. The predicted molar refractivity (Wildman–Crippen MR) is 99.5 cm³/mol. The van der Waals surface area contributed by atoms with Crippen LogP contribution in [-0.2, 0) is 0 Å². The summed E-state index contributed by atoms with van der Waals surface area (Å²) in [5.74, 6) is 0.0321. The first-order chi connectivity index (χ1) is 11.8. The van der Waals surface area contributed by atoms with Gasteiger partial charge in [0.25, 0.3) is 0 Å². The fourth-order valence-corrected chi connectivity index (χ4v) is 2.96. The lowest BCUT2D eigenvalue weighted by Gasteiger charge is -1.88. The van der Waals surface area contributed by atoms with Gasteiger partial charge in [0.2, 0.25) is 0 Å². The quantitative estimate of drug-likeness (QED) is 0.346. The molecule has 0 bridgehead atoms. The van der Waals surface area contributed by atoms with E-state index in [-0.39, 0.29) is 5.78 Å². The van der Waals surface area contributed by atoms with Gasteiger partial charge < -0.3 is 0 Å². The van der Waals surface area contributed by atoms with Crippen LogP contribution in [0.2, 0.25) is 0 Å². The van der Waals surface area contributed by atoms with Crippen LogP contribution in [-0.4, -0.2) is 5.78 Å². The summed E-state index contributed by atoms with van der Waals surface area (Å²) in [7, 11) is 0. The van der Waals surface area contributed by atoms with E-state index in [1.54, 1.807) is 6.08 Å². The van der Waals surface area contributed by atoms with E-state index >= 15 is 0 Å². The van der Waals surface area contributed by atoms with Crippen LogP contribution in [0.1, 0.15) is 15.9 Å². The maximum Gasteiger partial charge on any atom is 0.185 e. The van der Waals surface area contributed by atoms with E-state index in [1.807, 2.05) is 66.7 Å². The van der Waals surface area contributed by atoms with Crippen molar-refractivity contribution in [2.75, 3.05) is 0 Å². The van der Waals surface area contributed by atoms with Gasteiger partial charge in [-0.1, -0.05) is 66.7 Å². The summed E-state index contributed by atoms with van der Waals surface area (Å²) in [6, 6.07) is 28.3. The third kappa shape index (κ3) is 2.84. The van der Waals surface area contributed by atoms with E-state index in [9.17, 15) is 4.79 Å². The molecule has 0 saturated heterocycles. The first-order valence-corrected chi connectivity index (χ1v) is 8.00. The Morgan fingerprint density at radius 3 is 1.58 bits per heavy atom. The lowest BCUT2D eigenvalue weighted by molar-refractivity contribution is 0.104. The highest BCUT2D eigenvalue weighted by Gasteiger charge is 2.09. The first-order valence-electron chi connectivity index (χ1n) is 8.00. The van der Waals surface area contributed by atoms with Crippen molar-refractivity contribution < 1.29 is 4.79 Å². The molecule has 4 aliphatic rings. The number of rotatable bonds is 3. The van der Waals surface area contributed by atoms with Crippen LogP contribution in [0.3, 0.4) is 0 Å². The normalized spacial score (nSPS) is 11.3. The number of carbonyl (C=O) groups excluding carboxylic acids is 1. The summed E-state index contributed by atoms with van der Waals surface area (Å²) < 4.78 is 0. The zero-order chi connectivity index (χ0) is 16.4. The summed E-state index contributed by atoms with van der Waals surface area (Å²) >= 11 is 0. The molecule has 0 aromatic rings. The van der Waals surface area contributed by atoms with Crippen LogP contribution < -0.4 is 0 Å². The van der Waals surface area contributed by atoms with Crippen LogP contribution in [0.4, 0.5) is 0 Å². The molecule has 0 aromatic heterocycles. The van der Waals surface area contributed by atoms with Gasteiger partial charge in [0, 0.05) is 5.56 Å². The number of allylic oxidation sites excluding steroid dienone is 1. The van der Waals surface area contributed by atoms with Crippen LogP contribution in [0.25, 0.3) is 28.3 Å². The van der Waals surface area contributed by atoms with Gasteiger partial charge in [-0.25, -0.2) is 0 Å². The van der Waals surface area contributed by atoms with E-state index in [4.69, 9.17) is 0 Å². The Kier molecular flexibility index (Phi) is 3.68. The van der Waals surface area contributed by atoms with Crippen molar-refractivity contribution in [2.45, 2.75) is 0 Å². The van der Waals surface area contributed by atoms with Gasteiger partial charge in [-0.2, -0.15) is 0 Å². The van der Waals surface area contributed by atoms with Crippen LogP contribution in [0, 0.1) is 0 Å². The Hall–Kier alpha value is -3.19. The molecule has 0 aromatic carbocycles. The zero-order valence-corrected chi connectivity index (χ0v) is 13.1. The second-order valence-electron chi connectivity index (χ2n) is 5.87. The standard InChI is InChI=1S/C23H16O/c24-23(22-15-20-9-5-2-6-10-21(20)16-22)12-11-17-13-18-7-3-1-4-8-19(18)14-17/h1-16H/b12-11+. The molecule has 0 spiro atoms. The highest BCUT2D eigenvalue weighted by Crippen LogP contribution is 2.27. The molecule has 0 heterocycles. The third-order valence-electron chi connectivity index (χ3n) is 4.19. The largest absolute Gasteiger partial charge is 0.289 e. The Bertz CT molecular complexity index is 919. The molecule has 1 nitrogen and oxygen atoms in total. The van der Waals surface area contributed by atoms with Gasteiger partial charge in [0.05, 0.1) is 0 Å². The van der Waals surface area contributed by atoms with Gasteiger partial charge >= 0.3 is 0 Å². The van der Waals surface area contributed by atoms with Crippen molar-refractivity contribution >= 4 is 11.9 Å². The number of ketones is 1. The first kappa shape index (κ1) is 14.4. The summed E-state index contributed by atoms with van der Waals surface area (Å²) in [6.07, 6.45) is 3.54. The fourth-order valence-electron chi connectivity index (χ4n) is 2.96. The molecule has 0 radical (unpaired) electrons. The maximum absolute atomic E-state index is 12.4. The van der Waals surface area contributed by atoms with Gasteiger partial charge in [0.1, 0.15) is 0 Å². The van der Waals surface area contributed by atoms with Crippen molar-refractivity contribution in [1.29, 1.82) is 0 Å². The zero-order valence-electron chi connectivity index (χ0n) is 13.1. The molecule has 4 rings (SSSR count). The summed E-state index contributed by atoms with van der Waals surface area (Å²) in [4.78, 5) is 12.4. The van der Waals surface area contributed by atoms with Crippen molar-refractivity contribution in [1.82, 2.24) is 0 Å². The Morgan fingerprint density at radius 1 is 0.625 bits per heavy atom. The molecular formula is C23H16O. The average Bonchev–Trinajstić information content (AvgIpc) is 3.02. The van der Waals surface area contributed by atoms with Crippen molar-refractivity contribution in [3.8, 4) is 22.3 Å². The number of fused-ring (bicyclic) bond motifs is 2. The van der Waals surface area contributed by atoms with Crippen molar-refractivity contribution in [3.05, 3.63) is 102 Å². The highest BCUT2D eigenvalue weighted by molar-refractivity contribution is 6.09. The molecule has 0 aliphatic heterocycles. The molecule has 0 amide bonds. The molecule has 0 unspecified atom stereocenters. The number of carbonyl (C=O) groups is 1. The smallest absolute Gasteiger partial charge is 0.185 e. The fraction of sp³-hybridized carbons (Fsp3) is 0. The van der Waals surface area contributed by atoms with E-state index in [0.29, 0.717) is 0 Å². The van der Waals surface area contributed by atoms with Crippen molar-refractivity contribution in [3.63, 3.8) is 0 Å². The lowest BCUT2D eigenvalue weighted by atomic mass is 10.2. The number of hydrogen-bond donors (Lipinski definition) is 0. The average molecular weight is 308 g/mol. The van der Waals surface area contributed by atoms with Crippen molar-refractivity contribution in [2.24, 2.45) is 0 Å². The Balaban J connectivity index is 1.62. The van der Waals surface area contributed by atoms with Gasteiger partial charge in [0.15, 0.2) is 5.78 Å². The second-order valence-corrected chi connectivity index (χ2v) is 5.87. The van der Waals surface area contributed by atoms with Crippen LogP contribution >= 0.6 is 0 Å². The minimum Gasteiger partial charge on any atom is -0.289 e. The van der Waals surface area contributed by atoms with Crippen LogP contribution in [0.15, 0.2) is 91.0 Å². The summed E-state index contributed by atoms with van der Waals surface area (Å²) in [6.45, 7) is 0. The molecule has 0 atom stereocenters. The van der Waals surface area contributed by atoms with Gasteiger partial charge in [-0.15, -0.1) is 0 Å². The third-order valence-corrected chi connectivity index (χ3v) is 4.19. The topological polar surface area (TPSA) is 17.1 Å². The highest BCUT2D eigenvalue weighted by atomic mass is 16.1. The van der Waals surface area contributed by atoms with Gasteiger partial charge in [-0.05, 0) is 58.2 Å². The molecule has 4 aliphatic carbocycles. The summed E-state index contributed by atoms with van der Waals surface area (Å²) in [5, 5.41) is 0. The molecule has 0 saturated carbocycles. The molecule has 0 N–H and O–H groups in total.